The zero-order valence-electron chi connectivity index (χ0n) is 15.8. The van der Waals surface area contributed by atoms with Crippen molar-refractivity contribution in [3.63, 3.8) is 0 Å². The van der Waals surface area contributed by atoms with Gasteiger partial charge in [-0.2, -0.15) is 0 Å². The lowest BCUT2D eigenvalue weighted by molar-refractivity contribution is -0.145. The molecule has 1 aliphatic carbocycles. The topological polar surface area (TPSA) is 67.4 Å². The van der Waals surface area contributed by atoms with Crippen LogP contribution in [0.3, 0.4) is 0 Å². The van der Waals surface area contributed by atoms with Crippen LogP contribution in [-0.4, -0.2) is 37.6 Å². The van der Waals surface area contributed by atoms with E-state index in [9.17, 15) is 9.59 Å². The summed E-state index contributed by atoms with van der Waals surface area (Å²) in [6.45, 7) is 2.34. The van der Waals surface area contributed by atoms with Crippen molar-refractivity contribution in [3.05, 3.63) is 35.4 Å². The van der Waals surface area contributed by atoms with E-state index in [0.29, 0.717) is 24.9 Å². The Morgan fingerprint density at radius 1 is 1.31 bits per heavy atom. The summed E-state index contributed by atoms with van der Waals surface area (Å²) in [4.78, 5) is 24.7. The second-order valence-electron chi connectivity index (χ2n) is 7.76. The van der Waals surface area contributed by atoms with E-state index >= 15 is 0 Å². The molecule has 1 aromatic rings. The number of benzene rings is 1. The van der Waals surface area contributed by atoms with Crippen molar-refractivity contribution in [2.75, 3.05) is 13.7 Å². The van der Waals surface area contributed by atoms with E-state index in [-0.39, 0.29) is 23.8 Å². The number of carbonyl (C=O) groups excluding carboxylic acids is 2. The summed E-state index contributed by atoms with van der Waals surface area (Å²) in [5, 5.41) is 6.47. The molecular formula is C21H30N2O3. The molecule has 1 aromatic carbocycles. The van der Waals surface area contributed by atoms with Crippen LogP contribution in [0.4, 0.5) is 0 Å². The number of carbonyl (C=O) groups is 2. The van der Waals surface area contributed by atoms with Crippen LogP contribution >= 0.6 is 0 Å². The zero-order chi connectivity index (χ0) is 18.5. The van der Waals surface area contributed by atoms with Gasteiger partial charge in [0, 0.05) is 12.6 Å². The second kappa shape index (κ2) is 8.67. The molecule has 1 saturated carbocycles. The molecule has 5 heteroatoms. The largest absolute Gasteiger partial charge is 0.469 e. The third-order valence-electron chi connectivity index (χ3n) is 5.80. The van der Waals surface area contributed by atoms with Crippen LogP contribution in [0, 0.1) is 18.8 Å². The van der Waals surface area contributed by atoms with Crippen molar-refractivity contribution in [1.29, 1.82) is 0 Å². The summed E-state index contributed by atoms with van der Waals surface area (Å²) in [5.41, 5.74) is 2.24. The quantitative estimate of drug-likeness (QED) is 0.766. The molecule has 0 aromatic heterocycles. The van der Waals surface area contributed by atoms with Gasteiger partial charge in [0.1, 0.15) is 0 Å². The Hall–Kier alpha value is -1.88. The lowest BCUT2D eigenvalue weighted by atomic mass is 9.85. The third-order valence-corrected chi connectivity index (χ3v) is 5.80. The molecule has 26 heavy (non-hydrogen) atoms. The number of rotatable bonds is 6. The second-order valence-corrected chi connectivity index (χ2v) is 7.76. The average Bonchev–Trinajstić information content (AvgIpc) is 3.08. The lowest BCUT2D eigenvalue weighted by Crippen LogP contribution is -2.45. The normalized spacial score (nSPS) is 26.0. The number of hydrogen-bond donors (Lipinski definition) is 2. The fourth-order valence-electron chi connectivity index (χ4n) is 4.40. The molecule has 1 heterocycles. The number of hydrogen-bond acceptors (Lipinski definition) is 4. The number of ether oxygens (including phenoxy) is 1. The Balaban J connectivity index is 1.55. The lowest BCUT2D eigenvalue weighted by Gasteiger charge is -2.24. The third kappa shape index (κ3) is 4.64. The van der Waals surface area contributed by atoms with Gasteiger partial charge in [-0.15, -0.1) is 0 Å². The van der Waals surface area contributed by atoms with Crippen LogP contribution in [0.2, 0.25) is 0 Å². The summed E-state index contributed by atoms with van der Waals surface area (Å²) in [7, 11) is 1.40. The predicted octanol–water partition coefficient (Wildman–Crippen LogP) is 2.36. The first kappa shape index (κ1) is 18.9. The molecule has 2 N–H and O–H groups in total. The summed E-state index contributed by atoms with van der Waals surface area (Å²) in [6.07, 6.45) is 6.41. The van der Waals surface area contributed by atoms with Gasteiger partial charge in [-0.1, -0.05) is 42.7 Å². The van der Waals surface area contributed by atoms with Crippen LogP contribution in [0.25, 0.3) is 0 Å². The molecule has 0 bridgehead atoms. The van der Waals surface area contributed by atoms with Gasteiger partial charge in [-0.3, -0.25) is 9.59 Å². The first-order chi connectivity index (χ1) is 12.6. The van der Waals surface area contributed by atoms with Crippen LogP contribution in [0.15, 0.2) is 24.3 Å². The average molecular weight is 358 g/mol. The van der Waals surface area contributed by atoms with Crippen molar-refractivity contribution in [2.24, 2.45) is 11.8 Å². The molecule has 5 nitrogen and oxygen atoms in total. The van der Waals surface area contributed by atoms with E-state index in [1.54, 1.807) is 0 Å². The number of esters is 1. The molecular weight excluding hydrogens is 328 g/mol. The number of nitrogens with one attached hydrogen (secondary N) is 2. The monoisotopic (exact) mass is 358 g/mol. The van der Waals surface area contributed by atoms with E-state index in [2.05, 4.69) is 16.7 Å². The van der Waals surface area contributed by atoms with Gasteiger partial charge in [0.2, 0.25) is 5.91 Å². The van der Waals surface area contributed by atoms with Crippen molar-refractivity contribution < 1.29 is 14.3 Å². The maximum absolute atomic E-state index is 12.6. The summed E-state index contributed by atoms with van der Waals surface area (Å²) in [5.74, 6) is -0.00460. The van der Waals surface area contributed by atoms with E-state index in [1.165, 1.54) is 32.8 Å². The van der Waals surface area contributed by atoms with E-state index in [1.807, 2.05) is 25.1 Å². The first-order valence-electron chi connectivity index (χ1n) is 9.74. The molecule has 0 radical (unpaired) electrons. The first-order valence-corrected chi connectivity index (χ1v) is 9.74. The van der Waals surface area contributed by atoms with E-state index in [4.69, 9.17) is 4.74 Å². The summed E-state index contributed by atoms with van der Waals surface area (Å²) in [6, 6.07) is 8.46. The molecule has 1 saturated heterocycles. The number of aryl methyl sites for hydroxylation is 1. The highest BCUT2D eigenvalue weighted by molar-refractivity contribution is 5.83. The van der Waals surface area contributed by atoms with Crippen molar-refractivity contribution >= 4 is 11.9 Å². The van der Waals surface area contributed by atoms with Gasteiger partial charge in [-0.05, 0) is 44.1 Å². The highest BCUT2D eigenvalue weighted by Crippen LogP contribution is 2.33. The van der Waals surface area contributed by atoms with E-state index < -0.39 is 0 Å². The Bertz CT molecular complexity index is 632. The van der Waals surface area contributed by atoms with Crippen LogP contribution in [0.1, 0.15) is 43.2 Å². The minimum Gasteiger partial charge on any atom is -0.469 e. The minimum absolute atomic E-state index is 0.0116. The van der Waals surface area contributed by atoms with Crippen molar-refractivity contribution in [1.82, 2.24) is 10.6 Å². The minimum atomic E-state index is -0.366. The van der Waals surface area contributed by atoms with Gasteiger partial charge in [0.25, 0.3) is 0 Å². The highest BCUT2D eigenvalue weighted by Gasteiger charge is 2.38. The van der Waals surface area contributed by atoms with Crippen molar-refractivity contribution in [2.45, 2.75) is 57.5 Å². The molecule has 4 atom stereocenters. The SMILES string of the molecule is COC(=O)C(CNC(=O)C1CC2CCCCC2N1)Cc1cccc(C)c1. The number of methoxy groups -OCH3 is 1. The fraction of sp³-hybridized carbons (Fsp3) is 0.619. The van der Waals surface area contributed by atoms with Crippen LogP contribution < -0.4 is 10.6 Å². The standard InChI is InChI=1S/C21H30N2O3/c1-14-6-5-7-15(10-14)11-17(21(25)26-2)13-22-20(24)19-12-16-8-3-4-9-18(16)23-19/h5-7,10,16-19,23H,3-4,8-9,11-13H2,1-2H3,(H,22,24). The van der Waals surface area contributed by atoms with Crippen LogP contribution in [-0.2, 0) is 20.7 Å². The van der Waals surface area contributed by atoms with Gasteiger partial charge in [-0.25, -0.2) is 0 Å². The number of fused-ring (bicyclic) bond motifs is 1. The van der Waals surface area contributed by atoms with Gasteiger partial charge >= 0.3 is 5.97 Å². The molecule has 1 aliphatic heterocycles. The van der Waals surface area contributed by atoms with Crippen molar-refractivity contribution in [3.8, 4) is 0 Å². The van der Waals surface area contributed by atoms with Crippen LogP contribution in [0.5, 0.6) is 0 Å². The molecule has 2 aliphatic rings. The molecule has 3 rings (SSSR count). The van der Waals surface area contributed by atoms with E-state index in [0.717, 1.165) is 17.5 Å². The Kier molecular flexibility index (Phi) is 6.30. The Morgan fingerprint density at radius 3 is 2.85 bits per heavy atom. The smallest absolute Gasteiger partial charge is 0.310 e. The number of amides is 1. The zero-order valence-corrected chi connectivity index (χ0v) is 15.8. The molecule has 1 amide bonds. The maximum Gasteiger partial charge on any atom is 0.310 e. The van der Waals surface area contributed by atoms with Gasteiger partial charge < -0.3 is 15.4 Å². The molecule has 0 spiro atoms. The molecule has 142 valence electrons. The Morgan fingerprint density at radius 2 is 2.12 bits per heavy atom. The van der Waals surface area contributed by atoms with Gasteiger partial charge in [0.05, 0.1) is 19.1 Å². The highest BCUT2D eigenvalue weighted by atomic mass is 16.5. The maximum atomic E-state index is 12.6. The Labute approximate surface area is 155 Å². The predicted molar refractivity (Wildman–Crippen MR) is 101 cm³/mol. The molecule has 2 fully saturated rings. The fourth-order valence-corrected chi connectivity index (χ4v) is 4.40. The van der Waals surface area contributed by atoms with Gasteiger partial charge in [0.15, 0.2) is 0 Å². The summed E-state index contributed by atoms with van der Waals surface area (Å²) >= 11 is 0. The molecule has 4 unspecified atom stereocenters. The summed E-state index contributed by atoms with van der Waals surface area (Å²) < 4.78 is 4.94.